The monoisotopic (exact) mass is 259 g/mol. The summed E-state index contributed by atoms with van der Waals surface area (Å²) >= 11 is 0. The molecule has 2 rings (SSSR count). The maximum absolute atomic E-state index is 10.3. The zero-order valence-electron chi connectivity index (χ0n) is 11.7. The average Bonchev–Trinajstić information content (AvgIpc) is 2.64. The molecule has 0 bridgehead atoms. The molecule has 1 heterocycles. The van der Waals surface area contributed by atoms with Crippen molar-refractivity contribution in [1.82, 2.24) is 9.78 Å². The van der Waals surface area contributed by atoms with E-state index in [9.17, 15) is 5.11 Å². The van der Waals surface area contributed by atoms with E-state index < -0.39 is 6.10 Å². The molecule has 0 saturated carbocycles. The molecule has 3 N–H and O–H groups in total. The van der Waals surface area contributed by atoms with Gasteiger partial charge in [0.25, 0.3) is 0 Å². The Hall–Kier alpha value is -1.81. The van der Waals surface area contributed by atoms with Crippen molar-refractivity contribution in [2.24, 2.45) is 0 Å². The number of hydrogen-bond donors (Lipinski definition) is 2. The standard InChI is InChI=1S/C15H21N3O/c1-4-12-10(2)17-18(11(12)3)9-15(19)13-7-5-6-8-14(13)16/h5-8,15,19H,4,9,16H2,1-3H3. The van der Waals surface area contributed by atoms with Gasteiger partial charge in [-0.15, -0.1) is 0 Å². The minimum absolute atomic E-state index is 0.431. The number of nitrogen functional groups attached to an aromatic ring is 1. The first-order valence-corrected chi connectivity index (χ1v) is 6.60. The van der Waals surface area contributed by atoms with Gasteiger partial charge in [-0.05, 0) is 31.9 Å². The molecular formula is C15H21N3O. The number of para-hydroxylation sites is 1. The lowest BCUT2D eigenvalue weighted by Gasteiger charge is -2.14. The van der Waals surface area contributed by atoms with Crippen LogP contribution in [0.5, 0.6) is 0 Å². The normalized spacial score (nSPS) is 12.6. The van der Waals surface area contributed by atoms with Gasteiger partial charge < -0.3 is 10.8 Å². The molecule has 1 aromatic heterocycles. The van der Waals surface area contributed by atoms with Crippen molar-refractivity contribution in [2.45, 2.75) is 39.8 Å². The molecule has 1 atom stereocenters. The lowest BCUT2D eigenvalue weighted by molar-refractivity contribution is 0.151. The van der Waals surface area contributed by atoms with Crippen LogP contribution >= 0.6 is 0 Å². The van der Waals surface area contributed by atoms with Crippen LogP contribution in [0.15, 0.2) is 24.3 Å². The summed E-state index contributed by atoms with van der Waals surface area (Å²) in [5.74, 6) is 0. The van der Waals surface area contributed by atoms with Crippen LogP contribution in [0.25, 0.3) is 0 Å². The summed E-state index contributed by atoms with van der Waals surface area (Å²) in [5, 5.41) is 14.8. The minimum atomic E-state index is -0.635. The van der Waals surface area contributed by atoms with E-state index in [0.29, 0.717) is 12.2 Å². The fourth-order valence-corrected chi connectivity index (χ4v) is 2.50. The van der Waals surface area contributed by atoms with Gasteiger partial charge in [-0.2, -0.15) is 5.10 Å². The summed E-state index contributed by atoms with van der Waals surface area (Å²) in [6.07, 6.45) is 0.324. The summed E-state index contributed by atoms with van der Waals surface area (Å²) in [5.41, 5.74) is 10.7. The second kappa shape index (κ2) is 5.45. The number of hydrogen-bond acceptors (Lipinski definition) is 3. The van der Waals surface area contributed by atoms with Crippen LogP contribution in [0.4, 0.5) is 5.69 Å². The van der Waals surface area contributed by atoms with Crippen molar-refractivity contribution in [1.29, 1.82) is 0 Å². The highest BCUT2D eigenvalue weighted by Gasteiger charge is 2.15. The van der Waals surface area contributed by atoms with E-state index in [4.69, 9.17) is 5.73 Å². The van der Waals surface area contributed by atoms with E-state index in [2.05, 4.69) is 12.0 Å². The Morgan fingerprint density at radius 1 is 1.32 bits per heavy atom. The van der Waals surface area contributed by atoms with Crippen LogP contribution in [-0.4, -0.2) is 14.9 Å². The number of nitrogens with two attached hydrogens (primary N) is 1. The van der Waals surface area contributed by atoms with Crippen LogP contribution in [0.1, 0.15) is 35.5 Å². The molecule has 0 aliphatic rings. The molecule has 0 aliphatic carbocycles. The van der Waals surface area contributed by atoms with Crippen molar-refractivity contribution in [3.8, 4) is 0 Å². The Morgan fingerprint density at radius 3 is 2.58 bits per heavy atom. The van der Waals surface area contributed by atoms with E-state index in [1.165, 1.54) is 5.56 Å². The number of benzene rings is 1. The molecule has 4 nitrogen and oxygen atoms in total. The Labute approximate surface area is 113 Å². The second-order valence-electron chi connectivity index (χ2n) is 4.83. The lowest BCUT2D eigenvalue weighted by Crippen LogP contribution is -2.13. The van der Waals surface area contributed by atoms with Gasteiger partial charge >= 0.3 is 0 Å². The fourth-order valence-electron chi connectivity index (χ4n) is 2.50. The average molecular weight is 259 g/mol. The van der Waals surface area contributed by atoms with E-state index in [-0.39, 0.29) is 0 Å². The number of rotatable bonds is 4. The number of nitrogens with zero attached hydrogens (tertiary/aromatic N) is 2. The number of aliphatic hydroxyl groups is 1. The molecule has 0 aliphatic heterocycles. The van der Waals surface area contributed by atoms with Gasteiger partial charge in [-0.3, -0.25) is 4.68 Å². The molecular weight excluding hydrogens is 238 g/mol. The molecule has 0 fully saturated rings. The molecule has 0 amide bonds. The zero-order chi connectivity index (χ0) is 14.0. The second-order valence-corrected chi connectivity index (χ2v) is 4.83. The van der Waals surface area contributed by atoms with Crippen LogP contribution in [0, 0.1) is 13.8 Å². The minimum Gasteiger partial charge on any atom is -0.398 e. The van der Waals surface area contributed by atoms with E-state index in [0.717, 1.165) is 23.4 Å². The lowest BCUT2D eigenvalue weighted by atomic mass is 10.1. The zero-order valence-corrected chi connectivity index (χ0v) is 11.7. The quantitative estimate of drug-likeness (QED) is 0.829. The Morgan fingerprint density at radius 2 is 2.00 bits per heavy atom. The van der Waals surface area contributed by atoms with Gasteiger partial charge in [0, 0.05) is 16.9 Å². The fraction of sp³-hybridized carbons (Fsp3) is 0.400. The highest BCUT2D eigenvalue weighted by atomic mass is 16.3. The third-order valence-corrected chi connectivity index (χ3v) is 3.59. The maximum Gasteiger partial charge on any atom is 0.101 e. The first kappa shape index (κ1) is 13.6. The first-order valence-electron chi connectivity index (χ1n) is 6.60. The summed E-state index contributed by atoms with van der Waals surface area (Å²) < 4.78 is 1.87. The van der Waals surface area contributed by atoms with Crippen molar-refractivity contribution in [3.63, 3.8) is 0 Å². The van der Waals surface area contributed by atoms with E-state index in [1.54, 1.807) is 6.07 Å². The number of aromatic nitrogens is 2. The van der Waals surface area contributed by atoms with Gasteiger partial charge in [0.05, 0.1) is 12.2 Å². The van der Waals surface area contributed by atoms with Crippen LogP contribution < -0.4 is 5.73 Å². The van der Waals surface area contributed by atoms with Crippen molar-refractivity contribution >= 4 is 5.69 Å². The third kappa shape index (κ3) is 2.63. The molecule has 0 saturated heterocycles. The molecule has 1 unspecified atom stereocenters. The topological polar surface area (TPSA) is 64.1 Å². The van der Waals surface area contributed by atoms with Crippen LogP contribution in [0.3, 0.4) is 0 Å². The summed E-state index contributed by atoms with van der Waals surface area (Å²) in [6, 6.07) is 7.40. The molecule has 2 aromatic rings. The number of aliphatic hydroxyl groups excluding tert-OH is 1. The Bertz CT molecular complexity index is 575. The van der Waals surface area contributed by atoms with Crippen molar-refractivity contribution < 1.29 is 5.11 Å². The Kier molecular flexibility index (Phi) is 3.90. The highest BCUT2D eigenvalue weighted by molar-refractivity contribution is 5.47. The van der Waals surface area contributed by atoms with Gasteiger partial charge in [-0.1, -0.05) is 25.1 Å². The SMILES string of the molecule is CCc1c(C)nn(CC(O)c2ccccc2N)c1C. The smallest absolute Gasteiger partial charge is 0.101 e. The van der Waals surface area contributed by atoms with Gasteiger partial charge in [0.2, 0.25) is 0 Å². The summed E-state index contributed by atoms with van der Waals surface area (Å²) in [4.78, 5) is 0. The Balaban J connectivity index is 2.25. The van der Waals surface area contributed by atoms with Crippen LogP contribution in [-0.2, 0) is 13.0 Å². The molecule has 102 valence electrons. The van der Waals surface area contributed by atoms with Gasteiger partial charge in [0.15, 0.2) is 0 Å². The van der Waals surface area contributed by atoms with Crippen LogP contribution in [0.2, 0.25) is 0 Å². The summed E-state index contributed by atoms with van der Waals surface area (Å²) in [7, 11) is 0. The van der Waals surface area contributed by atoms with Gasteiger partial charge in [-0.25, -0.2) is 0 Å². The van der Waals surface area contributed by atoms with E-state index >= 15 is 0 Å². The molecule has 4 heteroatoms. The summed E-state index contributed by atoms with van der Waals surface area (Å²) in [6.45, 7) is 6.60. The molecule has 0 spiro atoms. The molecule has 1 aromatic carbocycles. The predicted molar refractivity (Wildman–Crippen MR) is 76.9 cm³/mol. The third-order valence-electron chi connectivity index (χ3n) is 3.59. The van der Waals surface area contributed by atoms with E-state index in [1.807, 2.05) is 36.7 Å². The maximum atomic E-state index is 10.3. The highest BCUT2D eigenvalue weighted by Crippen LogP contribution is 2.23. The molecule has 19 heavy (non-hydrogen) atoms. The van der Waals surface area contributed by atoms with Gasteiger partial charge in [0.1, 0.15) is 6.10 Å². The number of aryl methyl sites for hydroxylation is 1. The predicted octanol–water partition coefficient (Wildman–Crippen LogP) is 2.38. The van der Waals surface area contributed by atoms with Crippen molar-refractivity contribution in [2.75, 3.05) is 5.73 Å². The van der Waals surface area contributed by atoms with Crippen molar-refractivity contribution in [3.05, 3.63) is 46.8 Å². The number of anilines is 1. The largest absolute Gasteiger partial charge is 0.398 e. The first-order chi connectivity index (χ1) is 9.04. The molecule has 0 radical (unpaired) electrons.